The van der Waals surface area contributed by atoms with Crippen molar-refractivity contribution in [3.63, 3.8) is 0 Å². The fourth-order valence-electron chi connectivity index (χ4n) is 7.62. The average Bonchev–Trinajstić information content (AvgIpc) is 3.90. The van der Waals surface area contributed by atoms with Crippen LogP contribution in [0.4, 0.5) is 0 Å². The molecule has 0 aliphatic heterocycles. The van der Waals surface area contributed by atoms with Gasteiger partial charge in [-0.25, -0.2) is 0 Å². The molecule has 0 aromatic heterocycles. The van der Waals surface area contributed by atoms with E-state index in [9.17, 15) is 0 Å². The van der Waals surface area contributed by atoms with Crippen LogP contribution in [0, 0.1) is 0 Å². The molecule has 8 aromatic carbocycles. The van der Waals surface area contributed by atoms with Crippen LogP contribution in [0.3, 0.4) is 0 Å². The van der Waals surface area contributed by atoms with Crippen LogP contribution in [-0.4, -0.2) is 9.52 Å². The van der Waals surface area contributed by atoms with E-state index in [1.54, 1.807) is 0 Å². The van der Waals surface area contributed by atoms with Crippen LogP contribution < -0.4 is 0 Å². The maximum atomic E-state index is 4.93. The molecule has 282 valence electrons. The summed E-state index contributed by atoms with van der Waals surface area (Å²) in [5, 5.41) is 5.41. The predicted molar refractivity (Wildman–Crippen MR) is 248 cm³/mol. The molecule has 0 bridgehead atoms. The van der Waals surface area contributed by atoms with Crippen LogP contribution in [0.5, 0.6) is 0 Å². The second-order valence-corrected chi connectivity index (χ2v) is 18.5. The number of rotatable bonds is 8. The van der Waals surface area contributed by atoms with Gasteiger partial charge in [-0.3, -0.25) is 0 Å². The molecular formula is C52H52Cl2SiZr. The van der Waals surface area contributed by atoms with Crippen molar-refractivity contribution in [1.29, 1.82) is 0 Å². The molecule has 0 aliphatic carbocycles. The van der Waals surface area contributed by atoms with Crippen molar-refractivity contribution < 1.29 is 20.8 Å². The topological polar surface area (TPSA) is 0 Å². The molecule has 56 heavy (non-hydrogen) atoms. The Morgan fingerprint density at radius 2 is 0.768 bits per heavy atom. The number of hydrogen-bond acceptors (Lipinski definition) is 0. The summed E-state index contributed by atoms with van der Waals surface area (Å²) in [4.78, 5) is 0. The van der Waals surface area contributed by atoms with E-state index in [1.165, 1.54) is 88.3 Å². The van der Waals surface area contributed by atoms with Crippen LogP contribution >= 0.6 is 17.0 Å². The Hall–Kier alpha value is -3.78. The van der Waals surface area contributed by atoms with Crippen LogP contribution in [0.2, 0.25) is 13.1 Å². The summed E-state index contributed by atoms with van der Waals surface area (Å²) >= 11 is -0.826. The summed E-state index contributed by atoms with van der Waals surface area (Å²) in [5.74, 6) is 0. The van der Waals surface area contributed by atoms with E-state index in [0.717, 1.165) is 35.2 Å². The number of benzene rings is 6. The van der Waals surface area contributed by atoms with Crippen molar-refractivity contribution in [3.05, 3.63) is 180 Å². The zero-order chi connectivity index (χ0) is 39.9. The van der Waals surface area contributed by atoms with Crippen LogP contribution in [0.25, 0.3) is 66.1 Å². The Kier molecular flexibility index (Phi) is 17.2. The Morgan fingerprint density at radius 1 is 0.446 bits per heavy atom. The van der Waals surface area contributed by atoms with Gasteiger partial charge < -0.3 is 0 Å². The summed E-state index contributed by atoms with van der Waals surface area (Å²) < 4.78 is 0. The van der Waals surface area contributed by atoms with Gasteiger partial charge in [0.05, 0.1) is 0 Å². The van der Waals surface area contributed by atoms with Crippen molar-refractivity contribution in [2.75, 3.05) is 0 Å². The van der Waals surface area contributed by atoms with Gasteiger partial charge in [0.1, 0.15) is 0 Å². The monoisotopic (exact) mass is 864 g/mol. The first kappa shape index (κ1) is 43.3. The minimum absolute atomic E-state index is 0.826. The molecule has 8 aromatic rings. The molecule has 0 unspecified atom stereocenters. The third-order valence-corrected chi connectivity index (χ3v) is 10.3. The normalized spacial score (nSPS) is 10.4. The van der Waals surface area contributed by atoms with Crippen molar-refractivity contribution in [3.8, 4) is 44.5 Å². The van der Waals surface area contributed by atoms with Crippen molar-refractivity contribution >= 4 is 48.1 Å². The molecule has 2 radical (unpaired) electrons. The Labute approximate surface area is 357 Å². The van der Waals surface area contributed by atoms with E-state index in [2.05, 4.69) is 199 Å². The van der Waals surface area contributed by atoms with E-state index < -0.39 is 20.8 Å². The molecule has 8 rings (SSSR count). The second-order valence-electron chi connectivity index (χ2n) is 13.7. The summed E-state index contributed by atoms with van der Waals surface area (Å²) in [6.07, 6.45) is 4.22. The van der Waals surface area contributed by atoms with Gasteiger partial charge in [0, 0.05) is 9.52 Å². The van der Waals surface area contributed by atoms with Gasteiger partial charge in [-0.15, -0.1) is 69.1 Å². The standard InChI is InChI=1S/2C25H23.C2H6Si.2ClH.Zr/c2*1-3-18-10-8-9-13-23(18)25-19(4-2)14-15-21-16-22(17-24(21)25)20-11-6-5-7-12-20;1-3-2;;;/h2*5-17H,3-4H2,1-2H3;1-2H3;2*1H;/q2*-1;;;;+4/p-2. The first-order valence-corrected chi connectivity index (χ1v) is 28.1. The van der Waals surface area contributed by atoms with Gasteiger partial charge in [-0.1, -0.05) is 184 Å². The molecule has 0 amide bonds. The molecule has 0 fully saturated rings. The third-order valence-electron chi connectivity index (χ3n) is 10.3. The Bertz CT molecular complexity index is 2230. The number of aryl methyl sites for hydroxylation is 4. The Balaban J connectivity index is 0.000000188. The van der Waals surface area contributed by atoms with E-state index >= 15 is 0 Å². The maximum absolute atomic E-state index is 4.93. The molecule has 0 N–H and O–H groups in total. The van der Waals surface area contributed by atoms with Gasteiger partial charge >= 0.3 is 37.9 Å². The van der Waals surface area contributed by atoms with Crippen molar-refractivity contribution in [2.45, 2.75) is 66.5 Å². The number of fused-ring (bicyclic) bond motifs is 2. The summed E-state index contributed by atoms with van der Waals surface area (Å²) in [7, 11) is 11.0. The fraction of sp³-hybridized carbons (Fsp3) is 0.192. The average molecular weight is 867 g/mol. The second kappa shape index (κ2) is 22.2. The SMILES string of the molecule is CCc1ccccc1-c1c(CC)ccc2[cH-]c(-c3ccccc3)cc12.CCc1ccccc1-c1c(CC)ccc2[cH-]c(-c3ccccc3)cc12.C[Si]C.[Cl][Zr+2][Cl]. The van der Waals surface area contributed by atoms with E-state index in [-0.39, 0.29) is 0 Å². The molecule has 0 saturated heterocycles. The molecule has 4 heteroatoms. The first-order valence-electron chi connectivity index (χ1n) is 19.7. The predicted octanol–water partition coefficient (Wildman–Crippen LogP) is 16.2. The van der Waals surface area contributed by atoms with Crippen LogP contribution in [-0.2, 0) is 46.5 Å². The van der Waals surface area contributed by atoms with E-state index in [1.807, 2.05) is 0 Å². The van der Waals surface area contributed by atoms with E-state index in [0.29, 0.717) is 0 Å². The van der Waals surface area contributed by atoms with Crippen LogP contribution in [0.15, 0.2) is 158 Å². The summed E-state index contributed by atoms with van der Waals surface area (Å²) in [6.45, 7) is 13.3. The number of halogens is 2. The third kappa shape index (κ3) is 10.4. The molecule has 0 nitrogen and oxygen atoms in total. The Morgan fingerprint density at radius 3 is 1.11 bits per heavy atom. The number of hydrogen-bond donors (Lipinski definition) is 0. The summed E-state index contributed by atoms with van der Waals surface area (Å²) in [5.41, 5.74) is 16.5. The minimum atomic E-state index is -0.826. The van der Waals surface area contributed by atoms with Gasteiger partial charge in [-0.05, 0) is 59.1 Å². The fourth-order valence-corrected chi connectivity index (χ4v) is 7.62. The zero-order valence-corrected chi connectivity index (χ0v) is 38.6. The summed E-state index contributed by atoms with van der Waals surface area (Å²) in [6, 6.07) is 57.6. The van der Waals surface area contributed by atoms with Gasteiger partial charge in [0.2, 0.25) is 0 Å². The van der Waals surface area contributed by atoms with Crippen molar-refractivity contribution in [1.82, 2.24) is 0 Å². The molecule has 0 spiro atoms. The zero-order valence-electron chi connectivity index (χ0n) is 33.6. The quantitative estimate of drug-likeness (QED) is 0.105. The van der Waals surface area contributed by atoms with E-state index in [4.69, 9.17) is 17.0 Å². The van der Waals surface area contributed by atoms with Crippen molar-refractivity contribution in [2.24, 2.45) is 0 Å². The molecular weight excluding hydrogens is 815 g/mol. The van der Waals surface area contributed by atoms with Gasteiger partial charge in [-0.2, -0.15) is 0 Å². The molecule has 0 atom stereocenters. The van der Waals surface area contributed by atoms with Gasteiger partial charge in [0.25, 0.3) is 0 Å². The molecule has 0 saturated carbocycles. The molecule has 0 aliphatic rings. The van der Waals surface area contributed by atoms with Gasteiger partial charge in [0.15, 0.2) is 0 Å². The van der Waals surface area contributed by atoms with Crippen LogP contribution in [0.1, 0.15) is 49.9 Å². The first-order chi connectivity index (χ1) is 27.5. The molecule has 0 heterocycles.